The standard InChI is InChI=1S/C17H23N3O2/c1-9-15(18)13-8-12(17(22)19-3)6-7-14(13)20(10(2)21)16(9)11-4-5-11/h6-9,11,15-16H,4-5,18H2,1-3H3,(H,19,22)/t9-,15-,16-/m1/s1. The van der Waals surface area contributed by atoms with Gasteiger partial charge in [-0.3, -0.25) is 9.59 Å². The molecule has 3 rings (SSSR count). The Morgan fingerprint density at radius 2 is 2.00 bits per heavy atom. The van der Waals surface area contributed by atoms with Gasteiger partial charge in [-0.15, -0.1) is 0 Å². The first-order valence-corrected chi connectivity index (χ1v) is 7.87. The molecule has 118 valence electrons. The molecule has 0 aromatic heterocycles. The van der Waals surface area contributed by atoms with Crippen LogP contribution in [0.1, 0.15) is 48.7 Å². The lowest BCUT2D eigenvalue weighted by Crippen LogP contribution is -2.51. The van der Waals surface area contributed by atoms with E-state index in [9.17, 15) is 9.59 Å². The van der Waals surface area contributed by atoms with E-state index in [1.165, 1.54) is 0 Å². The highest BCUT2D eigenvalue weighted by atomic mass is 16.2. The van der Waals surface area contributed by atoms with E-state index in [2.05, 4.69) is 12.2 Å². The van der Waals surface area contributed by atoms with Crippen LogP contribution in [-0.4, -0.2) is 24.9 Å². The predicted molar refractivity (Wildman–Crippen MR) is 85.6 cm³/mol. The molecule has 5 heteroatoms. The second kappa shape index (κ2) is 5.39. The Morgan fingerprint density at radius 1 is 1.32 bits per heavy atom. The van der Waals surface area contributed by atoms with Gasteiger partial charge in [0.25, 0.3) is 5.91 Å². The number of nitrogens with two attached hydrogens (primary N) is 1. The molecular weight excluding hydrogens is 278 g/mol. The first kappa shape index (κ1) is 15.0. The van der Waals surface area contributed by atoms with Crippen molar-refractivity contribution in [3.05, 3.63) is 29.3 Å². The molecule has 1 aliphatic heterocycles. The van der Waals surface area contributed by atoms with Crippen molar-refractivity contribution in [3.63, 3.8) is 0 Å². The molecular formula is C17H23N3O2. The van der Waals surface area contributed by atoms with Gasteiger partial charge in [0, 0.05) is 37.3 Å². The second-order valence-electron chi connectivity index (χ2n) is 6.45. The number of hydrogen-bond donors (Lipinski definition) is 2. The van der Waals surface area contributed by atoms with Crippen LogP contribution >= 0.6 is 0 Å². The van der Waals surface area contributed by atoms with Gasteiger partial charge in [0.2, 0.25) is 5.91 Å². The van der Waals surface area contributed by atoms with Crippen LogP contribution in [0.15, 0.2) is 18.2 Å². The monoisotopic (exact) mass is 301 g/mol. The zero-order valence-electron chi connectivity index (χ0n) is 13.3. The molecule has 3 atom stereocenters. The number of rotatable bonds is 2. The molecule has 22 heavy (non-hydrogen) atoms. The second-order valence-corrected chi connectivity index (χ2v) is 6.45. The van der Waals surface area contributed by atoms with E-state index >= 15 is 0 Å². The average molecular weight is 301 g/mol. The van der Waals surface area contributed by atoms with E-state index < -0.39 is 0 Å². The van der Waals surface area contributed by atoms with E-state index in [1.54, 1.807) is 20.0 Å². The fourth-order valence-electron chi connectivity index (χ4n) is 3.68. The highest BCUT2D eigenvalue weighted by Crippen LogP contribution is 2.48. The largest absolute Gasteiger partial charge is 0.355 e. The number of benzene rings is 1. The highest BCUT2D eigenvalue weighted by molar-refractivity contribution is 5.97. The molecule has 1 fully saturated rings. The predicted octanol–water partition coefficient (Wildman–Crippen LogP) is 1.83. The number of carbonyl (C=O) groups is 2. The summed E-state index contributed by atoms with van der Waals surface area (Å²) in [6.45, 7) is 3.72. The van der Waals surface area contributed by atoms with E-state index in [4.69, 9.17) is 5.73 Å². The topological polar surface area (TPSA) is 75.4 Å². The van der Waals surface area contributed by atoms with E-state index in [-0.39, 0.29) is 29.8 Å². The summed E-state index contributed by atoms with van der Waals surface area (Å²) in [6, 6.07) is 5.48. The van der Waals surface area contributed by atoms with Crippen LogP contribution in [0.4, 0.5) is 5.69 Å². The zero-order chi connectivity index (χ0) is 16.0. The fourth-order valence-corrected chi connectivity index (χ4v) is 3.68. The maximum atomic E-state index is 12.2. The minimum atomic E-state index is -0.152. The van der Waals surface area contributed by atoms with Crippen LogP contribution in [0.3, 0.4) is 0 Å². The first-order chi connectivity index (χ1) is 10.5. The summed E-state index contributed by atoms with van der Waals surface area (Å²) >= 11 is 0. The Labute approximate surface area is 130 Å². The summed E-state index contributed by atoms with van der Waals surface area (Å²) in [5.74, 6) is 0.645. The van der Waals surface area contributed by atoms with Gasteiger partial charge in [-0.25, -0.2) is 0 Å². The van der Waals surface area contributed by atoms with E-state index in [0.717, 1.165) is 24.1 Å². The summed E-state index contributed by atoms with van der Waals surface area (Å²) in [5, 5.41) is 2.62. The van der Waals surface area contributed by atoms with Crippen molar-refractivity contribution in [2.45, 2.75) is 38.8 Å². The average Bonchev–Trinajstić information content (AvgIpc) is 3.33. The SMILES string of the molecule is CNC(=O)c1ccc2c(c1)[C@H](N)[C@@H](C)[C@H](C1CC1)N2C(C)=O. The Morgan fingerprint density at radius 3 is 2.55 bits per heavy atom. The summed E-state index contributed by atoms with van der Waals surface area (Å²) < 4.78 is 0. The normalized spacial score (nSPS) is 27.3. The molecule has 1 aliphatic carbocycles. The summed E-state index contributed by atoms with van der Waals surface area (Å²) in [6.07, 6.45) is 2.33. The smallest absolute Gasteiger partial charge is 0.251 e. The Kier molecular flexibility index (Phi) is 3.68. The molecule has 1 aromatic carbocycles. The van der Waals surface area contributed by atoms with Crippen molar-refractivity contribution in [2.24, 2.45) is 17.6 Å². The van der Waals surface area contributed by atoms with Crippen molar-refractivity contribution < 1.29 is 9.59 Å². The Balaban J connectivity index is 2.09. The Hall–Kier alpha value is -1.88. The van der Waals surface area contributed by atoms with Gasteiger partial charge in [0.05, 0.1) is 0 Å². The fraction of sp³-hybridized carbons (Fsp3) is 0.529. The molecule has 5 nitrogen and oxygen atoms in total. The molecule has 2 aliphatic rings. The van der Waals surface area contributed by atoms with Crippen molar-refractivity contribution in [1.29, 1.82) is 0 Å². The number of anilines is 1. The number of amides is 2. The third-order valence-corrected chi connectivity index (χ3v) is 4.98. The third kappa shape index (κ3) is 2.29. The van der Waals surface area contributed by atoms with E-state index in [1.807, 2.05) is 17.0 Å². The maximum absolute atomic E-state index is 12.2. The van der Waals surface area contributed by atoms with Crippen LogP contribution in [0.5, 0.6) is 0 Å². The quantitative estimate of drug-likeness (QED) is 0.875. The lowest BCUT2D eigenvalue weighted by Gasteiger charge is -2.44. The van der Waals surface area contributed by atoms with Gasteiger partial charge < -0.3 is 16.0 Å². The van der Waals surface area contributed by atoms with Gasteiger partial charge in [-0.1, -0.05) is 6.92 Å². The molecule has 0 spiro atoms. The number of nitrogens with zero attached hydrogens (tertiary/aromatic N) is 1. The number of hydrogen-bond acceptors (Lipinski definition) is 3. The summed E-state index contributed by atoms with van der Waals surface area (Å²) in [4.78, 5) is 26.0. The molecule has 0 radical (unpaired) electrons. The summed E-state index contributed by atoms with van der Waals surface area (Å²) in [7, 11) is 1.61. The van der Waals surface area contributed by atoms with Crippen molar-refractivity contribution in [1.82, 2.24) is 5.32 Å². The molecule has 1 heterocycles. The lowest BCUT2D eigenvalue weighted by atomic mass is 9.80. The van der Waals surface area contributed by atoms with Gasteiger partial charge in [-0.2, -0.15) is 0 Å². The van der Waals surface area contributed by atoms with Gasteiger partial charge in [0.1, 0.15) is 0 Å². The van der Waals surface area contributed by atoms with Gasteiger partial charge in [-0.05, 0) is 48.4 Å². The third-order valence-electron chi connectivity index (χ3n) is 4.98. The Bertz CT molecular complexity index is 624. The maximum Gasteiger partial charge on any atom is 0.251 e. The van der Waals surface area contributed by atoms with Gasteiger partial charge in [0.15, 0.2) is 0 Å². The van der Waals surface area contributed by atoms with Crippen molar-refractivity contribution in [2.75, 3.05) is 11.9 Å². The molecule has 2 amide bonds. The highest BCUT2D eigenvalue weighted by Gasteiger charge is 2.46. The minimum Gasteiger partial charge on any atom is -0.355 e. The van der Waals surface area contributed by atoms with Crippen LogP contribution in [-0.2, 0) is 4.79 Å². The molecule has 0 saturated heterocycles. The molecule has 1 aromatic rings. The number of fused-ring (bicyclic) bond motifs is 1. The minimum absolute atomic E-state index is 0.0459. The van der Waals surface area contributed by atoms with Crippen molar-refractivity contribution >= 4 is 17.5 Å². The number of carbonyl (C=O) groups excluding carboxylic acids is 2. The van der Waals surface area contributed by atoms with Crippen LogP contribution in [0, 0.1) is 11.8 Å². The van der Waals surface area contributed by atoms with Crippen LogP contribution in [0.2, 0.25) is 0 Å². The lowest BCUT2D eigenvalue weighted by molar-refractivity contribution is -0.117. The number of nitrogens with one attached hydrogen (secondary N) is 1. The summed E-state index contributed by atoms with van der Waals surface area (Å²) in [5.41, 5.74) is 8.78. The van der Waals surface area contributed by atoms with Crippen molar-refractivity contribution in [3.8, 4) is 0 Å². The first-order valence-electron chi connectivity index (χ1n) is 7.87. The molecule has 0 bridgehead atoms. The zero-order valence-corrected chi connectivity index (χ0v) is 13.3. The molecule has 1 saturated carbocycles. The molecule has 3 N–H and O–H groups in total. The van der Waals surface area contributed by atoms with Crippen LogP contribution < -0.4 is 16.0 Å². The molecule has 0 unspecified atom stereocenters. The van der Waals surface area contributed by atoms with Gasteiger partial charge >= 0.3 is 0 Å². The van der Waals surface area contributed by atoms with Crippen LogP contribution in [0.25, 0.3) is 0 Å². The van der Waals surface area contributed by atoms with E-state index in [0.29, 0.717) is 11.5 Å².